The van der Waals surface area contributed by atoms with E-state index < -0.39 is 0 Å². The van der Waals surface area contributed by atoms with E-state index in [2.05, 4.69) is 22.4 Å². The van der Waals surface area contributed by atoms with Crippen LogP contribution in [0.1, 0.15) is 26.0 Å². The Hall–Kier alpha value is -2.20. The average molecular weight is 377 g/mol. The molecule has 0 aliphatic carbocycles. The fraction of sp³-hybridized carbons (Fsp3) is 0.381. The van der Waals surface area contributed by atoms with Crippen LogP contribution in [-0.2, 0) is 12.8 Å². The van der Waals surface area contributed by atoms with E-state index in [4.69, 9.17) is 15.2 Å². The summed E-state index contributed by atoms with van der Waals surface area (Å²) in [5.74, 6) is 1.83. The second-order valence-electron chi connectivity index (χ2n) is 4.89. The zero-order valence-electron chi connectivity index (χ0n) is 14.2. The molecule has 2 aromatic carbocycles. The standard InChI is InChI=1S/C10H11NOS.C9H13NO.2CH4/c1-12-10-5-3-2-4-9(10)6-7-11-8-13;1-11-9-5-3-2-4-8(9)6-7-10;;/h2-5H,6-7H2,1H3;2-5H,6-7,10H2,1H3;2*1H4. The van der Waals surface area contributed by atoms with Crippen LogP contribution in [0.4, 0.5) is 0 Å². The van der Waals surface area contributed by atoms with Gasteiger partial charge in [0.25, 0.3) is 0 Å². The summed E-state index contributed by atoms with van der Waals surface area (Å²) in [6.45, 7) is 1.34. The van der Waals surface area contributed by atoms with E-state index >= 15 is 0 Å². The molecule has 0 bridgehead atoms. The zero-order valence-corrected chi connectivity index (χ0v) is 15.0. The van der Waals surface area contributed by atoms with Gasteiger partial charge in [-0.1, -0.05) is 51.3 Å². The number of ether oxygens (including phenoxy) is 2. The number of para-hydroxylation sites is 2. The van der Waals surface area contributed by atoms with Crippen molar-refractivity contribution in [3.05, 3.63) is 59.7 Å². The summed E-state index contributed by atoms with van der Waals surface area (Å²) in [5.41, 5.74) is 7.76. The highest BCUT2D eigenvalue weighted by Crippen LogP contribution is 2.17. The third-order valence-electron chi connectivity index (χ3n) is 3.36. The Morgan fingerprint density at radius 3 is 1.77 bits per heavy atom. The van der Waals surface area contributed by atoms with E-state index in [0.29, 0.717) is 13.1 Å². The van der Waals surface area contributed by atoms with E-state index in [1.165, 1.54) is 5.56 Å². The van der Waals surface area contributed by atoms with Crippen molar-refractivity contribution in [1.29, 1.82) is 0 Å². The van der Waals surface area contributed by atoms with Gasteiger partial charge in [0.1, 0.15) is 11.5 Å². The molecule has 2 N–H and O–H groups in total. The van der Waals surface area contributed by atoms with Crippen molar-refractivity contribution in [2.45, 2.75) is 27.7 Å². The molecule has 0 unspecified atom stereocenters. The Morgan fingerprint density at radius 1 is 0.885 bits per heavy atom. The van der Waals surface area contributed by atoms with Crippen LogP contribution in [0.2, 0.25) is 0 Å². The van der Waals surface area contributed by atoms with Crippen molar-refractivity contribution in [3.63, 3.8) is 0 Å². The van der Waals surface area contributed by atoms with Crippen molar-refractivity contribution < 1.29 is 9.47 Å². The molecule has 0 fully saturated rings. The Morgan fingerprint density at radius 2 is 1.35 bits per heavy atom. The second kappa shape index (κ2) is 16.3. The summed E-state index contributed by atoms with van der Waals surface area (Å²) in [6, 6.07) is 15.8. The maximum absolute atomic E-state index is 5.43. The molecule has 26 heavy (non-hydrogen) atoms. The zero-order chi connectivity index (χ0) is 17.6. The molecule has 4 nitrogen and oxygen atoms in total. The predicted molar refractivity (Wildman–Crippen MR) is 116 cm³/mol. The van der Waals surface area contributed by atoms with Gasteiger partial charge in [0, 0.05) is 0 Å². The first-order valence-electron chi connectivity index (χ1n) is 7.74. The fourth-order valence-corrected chi connectivity index (χ4v) is 2.29. The highest BCUT2D eigenvalue weighted by molar-refractivity contribution is 7.78. The second-order valence-corrected chi connectivity index (χ2v) is 5.07. The van der Waals surface area contributed by atoms with E-state index in [1.807, 2.05) is 48.5 Å². The number of benzene rings is 2. The van der Waals surface area contributed by atoms with E-state index in [-0.39, 0.29) is 14.9 Å². The summed E-state index contributed by atoms with van der Waals surface area (Å²) in [6.07, 6.45) is 1.72. The summed E-state index contributed by atoms with van der Waals surface area (Å²) >= 11 is 4.48. The van der Waals surface area contributed by atoms with Gasteiger partial charge < -0.3 is 15.2 Å². The first-order chi connectivity index (χ1) is 11.8. The number of nitrogens with two attached hydrogens (primary N) is 1. The highest BCUT2D eigenvalue weighted by Gasteiger charge is 1.99. The Labute approximate surface area is 164 Å². The molecule has 0 amide bonds. The minimum atomic E-state index is 0. The molecule has 5 heteroatoms. The number of hydrogen-bond acceptors (Lipinski definition) is 5. The lowest BCUT2D eigenvalue weighted by Crippen LogP contribution is -2.03. The van der Waals surface area contributed by atoms with Crippen molar-refractivity contribution in [3.8, 4) is 11.5 Å². The van der Waals surface area contributed by atoms with Gasteiger partial charge in [-0.2, -0.15) is 0 Å². The molecule has 2 rings (SSSR count). The molecule has 0 saturated carbocycles. The van der Waals surface area contributed by atoms with E-state index in [0.717, 1.165) is 29.9 Å². The molecule has 0 atom stereocenters. The quantitative estimate of drug-likeness (QED) is 0.556. The number of methoxy groups -OCH3 is 2. The summed E-state index contributed by atoms with van der Waals surface area (Å²) < 4.78 is 10.3. The van der Waals surface area contributed by atoms with Gasteiger partial charge in [-0.05, 0) is 54.9 Å². The summed E-state index contributed by atoms with van der Waals surface area (Å²) in [4.78, 5) is 3.85. The smallest absolute Gasteiger partial charge is 0.122 e. The van der Waals surface area contributed by atoms with Crippen molar-refractivity contribution >= 4 is 17.4 Å². The van der Waals surface area contributed by atoms with Crippen LogP contribution in [0.5, 0.6) is 11.5 Å². The van der Waals surface area contributed by atoms with Gasteiger partial charge in [0.2, 0.25) is 0 Å². The maximum Gasteiger partial charge on any atom is 0.122 e. The average Bonchev–Trinajstić information content (AvgIpc) is 2.63. The van der Waals surface area contributed by atoms with Gasteiger partial charge in [-0.15, -0.1) is 0 Å². The van der Waals surface area contributed by atoms with Crippen molar-refractivity contribution in [1.82, 2.24) is 0 Å². The predicted octanol–water partition coefficient (Wildman–Crippen LogP) is 4.81. The maximum atomic E-state index is 5.43. The third-order valence-corrected chi connectivity index (χ3v) is 3.49. The molecule has 0 aliphatic rings. The molecule has 144 valence electrons. The third kappa shape index (κ3) is 9.33. The van der Waals surface area contributed by atoms with Gasteiger partial charge in [0.15, 0.2) is 0 Å². The largest absolute Gasteiger partial charge is 0.496 e. The number of aliphatic imine (C=N–C) groups is 1. The Kier molecular flexibility index (Phi) is 16.3. The lowest BCUT2D eigenvalue weighted by molar-refractivity contribution is 0.409. The molecule has 0 aromatic heterocycles. The molecule has 0 saturated heterocycles. The van der Waals surface area contributed by atoms with Gasteiger partial charge >= 0.3 is 0 Å². The molecule has 0 radical (unpaired) electrons. The number of isothiocyanates is 1. The number of hydrogen-bond donors (Lipinski definition) is 1. The Balaban J connectivity index is 0. The Bertz CT molecular complexity index is 656. The fourth-order valence-electron chi connectivity index (χ4n) is 2.20. The lowest BCUT2D eigenvalue weighted by Gasteiger charge is -2.05. The number of thiocarbonyl (C=S) groups is 1. The first kappa shape index (κ1) is 26.0. The van der Waals surface area contributed by atoms with Gasteiger partial charge in [-0.3, -0.25) is 0 Å². The van der Waals surface area contributed by atoms with Gasteiger partial charge in [0.05, 0.1) is 25.9 Å². The van der Waals surface area contributed by atoms with Gasteiger partial charge in [-0.25, -0.2) is 4.99 Å². The molecule has 0 spiro atoms. The van der Waals surface area contributed by atoms with Crippen LogP contribution in [-0.4, -0.2) is 32.5 Å². The van der Waals surface area contributed by atoms with Crippen LogP contribution in [0.3, 0.4) is 0 Å². The first-order valence-corrected chi connectivity index (χ1v) is 8.15. The lowest BCUT2D eigenvalue weighted by atomic mass is 10.1. The SMILES string of the molecule is C.C.COc1ccccc1CCN.COc1ccccc1CCN=C=S. The van der Waals surface area contributed by atoms with Crippen LogP contribution in [0.15, 0.2) is 53.5 Å². The number of nitrogens with zero attached hydrogens (tertiary/aromatic N) is 1. The molecular weight excluding hydrogens is 344 g/mol. The molecule has 0 heterocycles. The van der Waals surface area contributed by atoms with E-state index in [1.54, 1.807) is 14.2 Å². The van der Waals surface area contributed by atoms with Crippen LogP contribution in [0, 0.1) is 0 Å². The topological polar surface area (TPSA) is 56.8 Å². The molecule has 0 aliphatic heterocycles. The normalized spacial score (nSPS) is 8.58. The highest BCUT2D eigenvalue weighted by atomic mass is 32.1. The summed E-state index contributed by atoms with van der Waals surface area (Å²) in [7, 11) is 3.34. The van der Waals surface area contributed by atoms with Crippen LogP contribution >= 0.6 is 12.2 Å². The van der Waals surface area contributed by atoms with Crippen LogP contribution in [0.25, 0.3) is 0 Å². The summed E-state index contributed by atoms with van der Waals surface area (Å²) in [5, 5.41) is 2.34. The minimum absolute atomic E-state index is 0. The van der Waals surface area contributed by atoms with E-state index in [9.17, 15) is 0 Å². The molecular formula is C21H32N2O2S. The number of rotatable bonds is 7. The monoisotopic (exact) mass is 376 g/mol. The van der Waals surface area contributed by atoms with Crippen molar-refractivity contribution in [2.75, 3.05) is 27.3 Å². The minimum Gasteiger partial charge on any atom is -0.496 e. The van der Waals surface area contributed by atoms with Crippen LogP contribution < -0.4 is 15.2 Å². The molecule has 2 aromatic rings. The van der Waals surface area contributed by atoms with Crippen molar-refractivity contribution in [2.24, 2.45) is 10.7 Å².